The quantitative estimate of drug-likeness (QED) is 0.130. The molecule has 0 bridgehead atoms. The maximum atomic E-state index is 14.1. The van der Waals surface area contributed by atoms with Crippen LogP contribution in [-0.2, 0) is 26.2 Å². The van der Waals surface area contributed by atoms with Crippen molar-refractivity contribution in [1.29, 1.82) is 0 Å². The van der Waals surface area contributed by atoms with Crippen LogP contribution in [0.3, 0.4) is 0 Å². The smallest absolute Gasteiger partial charge is 0.313 e. The molecule has 2 fully saturated rings. The fourth-order valence-corrected chi connectivity index (χ4v) is 11.4. The zero-order chi connectivity index (χ0) is 31.4. The van der Waals surface area contributed by atoms with Crippen LogP contribution in [0.5, 0.6) is 0 Å². The summed E-state index contributed by atoms with van der Waals surface area (Å²) in [5.41, 5.74) is 1.78. The van der Waals surface area contributed by atoms with Gasteiger partial charge in [0.1, 0.15) is 0 Å². The second kappa shape index (κ2) is 14.9. The minimum atomic E-state index is -2.83. The molecule has 6 aromatic carbocycles. The van der Waals surface area contributed by atoms with Gasteiger partial charge < -0.3 is 9.13 Å². The van der Waals surface area contributed by atoms with Gasteiger partial charge in [-0.2, -0.15) is 0 Å². The molecular weight excluding hydrogens is 654 g/mol. The second-order valence-corrected chi connectivity index (χ2v) is 16.8. The van der Waals surface area contributed by atoms with Crippen LogP contribution in [0.1, 0.15) is 0 Å². The van der Waals surface area contributed by atoms with E-state index in [1.165, 1.54) is 10.8 Å². The van der Waals surface area contributed by atoms with Crippen molar-refractivity contribution in [2.75, 3.05) is 0 Å². The third kappa shape index (κ3) is 6.75. The van der Waals surface area contributed by atoms with Crippen molar-refractivity contribution in [3.63, 3.8) is 0 Å². The predicted octanol–water partition coefficient (Wildman–Crippen LogP) is 9.03. The van der Waals surface area contributed by atoms with Gasteiger partial charge in [0, 0.05) is 21.2 Å². The summed E-state index contributed by atoms with van der Waals surface area (Å²) in [6.07, 6.45) is 15.6. The van der Waals surface area contributed by atoms with Crippen molar-refractivity contribution in [3.05, 3.63) is 208 Å². The molecule has 10 radical (unpaired) electrons. The first kappa shape index (κ1) is 33.7. The van der Waals surface area contributed by atoms with Gasteiger partial charge in [0.15, 0.2) is 14.3 Å². The van der Waals surface area contributed by atoms with E-state index >= 15 is 0 Å². The maximum Gasteiger partial charge on any atom is 2.00 e. The van der Waals surface area contributed by atoms with Crippen molar-refractivity contribution < 1.29 is 26.2 Å². The van der Waals surface area contributed by atoms with Gasteiger partial charge in [0.05, 0.1) is 11.3 Å². The zero-order valence-corrected chi connectivity index (χ0v) is 28.4. The molecule has 0 aromatic heterocycles. The molecule has 0 spiro atoms. The average molecular weight is 687 g/mol. The van der Waals surface area contributed by atoms with Crippen LogP contribution in [0.2, 0.25) is 0 Å². The van der Waals surface area contributed by atoms with Crippen molar-refractivity contribution in [2.24, 2.45) is 0 Å². The van der Waals surface area contributed by atoms with Crippen LogP contribution >= 0.6 is 14.3 Å². The number of rotatable bonds is 6. The molecule has 5 heteroatoms. The normalized spacial score (nSPS) is 17.7. The Bertz CT molecular complexity index is 1880. The van der Waals surface area contributed by atoms with Crippen molar-refractivity contribution in [2.45, 2.75) is 0 Å². The van der Waals surface area contributed by atoms with E-state index in [4.69, 9.17) is 0 Å². The van der Waals surface area contributed by atoms with E-state index in [1.54, 1.807) is 0 Å². The van der Waals surface area contributed by atoms with E-state index in [9.17, 15) is 9.13 Å². The van der Waals surface area contributed by atoms with Crippen LogP contribution in [0, 0.1) is 62.7 Å². The summed E-state index contributed by atoms with van der Waals surface area (Å²) in [7, 11) is -5.67. The van der Waals surface area contributed by atoms with Crippen molar-refractivity contribution in [1.82, 2.24) is 0 Å². The molecule has 6 aromatic rings. The minimum Gasteiger partial charge on any atom is -0.313 e. The van der Waals surface area contributed by atoms with Crippen molar-refractivity contribution in [3.8, 4) is 0 Å². The summed E-state index contributed by atoms with van der Waals surface area (Å²) in [4.78, 5) is 0. The molecule has 228 valence electrons. The first-order valence-corrected chi connectivity index (χ1v) is 18.7. The summed E-state index contributed by atoms with van der Waals surface area (Å²) in [5, 5.41) is 8.09. The molecule has 2 nitrogen and oxygen atoms in total. The Morgan fingerprint density at radius 1 is 0.319 bits per heavy atom. The minimum absolute atomic E-state index is 0. The third-order valence-corrected chi connectivity index (χ3v) is 14.6. The Morgan fingerprint density at radius 3 is 1.00 bits per heavy atom. The second-order valence-electron chi connectivity index (χ2n) is 11.2. The van der Waals surface area contributed by atoms with Crippen molar-refractivity contribution >= 4 is 57.0 Å². The Hall–Kier alpha value is -3.18. The molecule has 8 rings (SSSR count). The predicted molar refractivity (Wildman–Crippen MR) is 195 cm³/mol. The molecular formula is C42H32FeO2P2+2. The van der Waals surface area contributed by atoms with Gasteiger partial charge in [0.2, 0.25) is 0 Å². The number of benzene rings is 6. The zero-order valence-electron chi connectivity index (χ0n) is 25.5. The van der Waals surface area contributed by atoms with E-state index in [2.05, 4.69) is 48.5 Å². The van der Waals surface area contributed by atoms with E-state index in [1.807, 2.05) is 148 Å². The molecule has 2 aliphatic carbocycles. The van der Waals surface area contributed by atoms with Crippen LogP contribution in [-0.4, -0.2) is 0 Å². The van der Waals surface area contributed by atoms with Crippen LogP contribution < -0.4 is 21.2 Å². The van der Waals surface area contributed by atoms with E-state index in [-0.39, 0.29) is 17.1 Å². The van der Waals surface area contributed by atoms with Gasteiger partial charge in [-0.3, -0.25) is 0 Å². The van der Waals surface area contributed by atoms with E-state index < -0.39 is 14.3 Å². The Kier molecular flexibility index (Phi) is 10.7. The van der Waals surface area contributed by atoms with Gasteiger partial charge in [-0.15, -0.1) is 0 Å². The molecule has 0 heterocycles. The first-order chi connectivity index (χ1) is 22.6. The summed E-state index contributed by atoms with van der Waals surface area (Å²) < 4.78 is 28.2. The SMILES string of the molecule is O=[P@@]([C]1[CH][CH][CH][CH]1)(c1ccccc1)c1ccc2ccccc2c1.O=[P@@]([C]1[CH][CH][CH][CH]1)(c1ccccc1)c1ccc2ccccc2c1.[Fe+2]. The first-order valence-electron chi connectivity index (χ1n) is 15.3. The molecule has 47 heavy (non-hydrogen) atoms. The van der Waals surface area contributed by atoms with Gasteiger partial charge in [0.25, 0.3) is 0 Å². The molecule has 2 saturated carbocycles. The Balaban J connectivity index is 0.000000161. The summed E-state index contributed by atoms with van der Waals surface area (Å²) in [6, 6.07) is 48.2. The largest absolute Gasteiger partial charge is 2.00 e. The van der Waals surface area contributed by atoms with Crippen LogP contribution in [0.25, 0.3) is 21.5 Å². The molecule has 2 aliphatic rings. The monoisotopic (exact) mass is 686 g/mol. The standard InChI is InChI=1S/2C21H16OP.Fe/c2*22-23(20-12-6-7-13-20,19-10-2-1-3-11-19)21-15-14-17-8-4-5-9-18(17)16-21;/h2*1-16H;/q;;+2/t2*23-;/m11./s1. The van der Waals surface area contributed by atoms with Gasteiger partial charge in [-0.25, -0.2) is 0 Å². The average Bonchev–Trinajstić information content (AvgIpc) is 3.88. The third-order valence-electron chi connectivity index (χ3n) is 8.45. The topological polar surface area (TPSA) is 34.1 Å². The fraction of sp³-hybridized carbons (Fsp3) is 0. The summed E-state index contributed by atoms with van der Waals surface area (Å²) >= 11 is 0. The molecule has 0 aliphatic heterocycles. The summed E-state index contributed by atoms with van der Waals surface area (Å²) in [6.45, 7) is 0. The Morgan fingerprint density at radius 2 is 0.638 bits per heavy atom. The molecule has 2 atom stereocenters. The number of hydrogen-bond donors (Lipinski definition) is 0. The van der Waals surface area contributed by atoms with Gasteiger partial charge >= 0.3 is 17.1 Å². The van der Waals surface area contributed by atoms with Crippen LogP contribution in [0.15, 0.2) is 146 Å². The van der Waals surface area contributed by atoms with Gasteiger partial charge in [-0.05, 0) is 85.0 Å². The van der Waals surface area contributed by atoms with E-state index in [0.717, 1.165) is 43.3 Å². The molecule has 0 unspecified atom stereocenters. The summed E-state index contributed by atoms with van der Waals surface area (Å²) in [5.74, 6) is 0. The van der Waals surface area contributed by atoms with Crippen LogP contribution in [0.4, 0.5) is 0 Å². The Labute approximate surface area is 290 Å². The molecule has 0 amide bonds. The molecule has 0 N–H and O–H groups in total. The maximum absolute atomic E-state index is 14.1. The molecule has 0 saturated heterocycles. The number of fused-ring (bicyclic) bond motifs is 2. The number of hydrogen-bond acceptors (Lipinski definition) is 2. The fourth-order valence-electron chi connectivity index (χ4n) is 6.06. The van der Waals surface area contributed by atoms with Gasteiger partial charge in [-0.1, -0.05) is 133 Å². The van der Waals surface area contributed by atoms with E-state index in [0.29, 0.717) is 0 Å².